The van der Waals surface area contributed by atoms with Gasteiger partial charge in [0.2, 0.25) is 0 Å². The van der Waals surface area contributed by atoms with Crippen LogP contribution in [0.3, 0.4) is 0 Å². The largest absolute Gasteiger partial charge is 0.399 e. The normalized spacial score (nSPS) is 10.6. The Hall–Kier alpha value is -2.16. The van der Waals surface area contributed by atoms with Crippen molar-refractivity contribution >= 4 is 40.1 Å². The second-order valence-electron chi connectivity index (χ2n) is 4.17. The fourth-order valence-electron chi connectivity index (χ4n) is 1.83. The Balaban J connectivity index is 1.99. The maximum Gasteiger partial charge on any atom is 0.171 e. The second kappa shape index (κ2) is 5.08. The highest BCUT2D eigenvalue weighted by Gasteiger charge is 2.09. The van der Waals surface area contributed by atoms with Gasteiger partial charge >= 0.3 is 0 Å². The number of fused-ring (bicyclic) bond motifs is 1. The number of aromatic amines is 1. The fourth-order valence-corrected chi connectivity index (χ4v) is 2.87. The number of nitrogen functional groups attached to an aromatic ring is 1. The average Bonchev–Trinajstić information content (AvgIpc) is 2.82. The van der Waals surface area contributed by atoms with Crippen molar-refractivity contribution in [2.75, 3.05) is 5.73 Å². The zero-order valence-electron chi connectivity index (χ0n) is 10.2. The number of halogens is 1. The molecule has 0 unspecified atom stereocenters. The van der Waals surface area contributed by atoms with Gasteiger partial charge < -0.3 is 10.7 Å². The zero-order valence-corrected chi connectivity index (χ0v) is 11.8. The summed E-state index contributed by atoms with van der Waals surface area (Å²) in [5, 5.41) is 10.4. The number of rotatable bonds is 2. The molecule has 0 atom stereocenters. The van der Waals surface area contributed by atoms with Gasteiger partial charge in [-0.2, -0.15) is 5.26 Å². The van der Waals surface area contributed by atoms with Crippen LogP contribution in [0.1, 0.15) is 5.56 Å². The summed E-state index contributed by atoms with van der Waals surface area (Å²) in [6.07, 6.45) is 0. The molecule has 6 heteroatoms. The van der Waals surface area contributed by atoms with E-state index in [-0.39, 0.29) is 0 Å². The minimum absolute atomic E-state index is 0.530. The maximum atomic E-state index is 9.13. The molecule has 0 aliphatic rings. The zero-order chi connectivity index (χ0) is 14.1. The van der Waals surface area contributed by atoms with E-state index in [0.717, 1.165) is 15.9 Å². The number of nitrogens with zero attached hydrogens (tertiary/aromatic N) is 2. The molecule has 3 aromatic rings. The SMILES string of the molecule is N#Cc1cc(Cl)ccc1Sc1nc2ccc(N)cc2[nH]1. The lowest BCUT2D eigenvalue weighted by atomic mass is 10.2. The molecule has 0 saturated heterocycles. The number of hydrogen-bond donors (Lipinski definition) is 2. The number of imidazole rings is 1. The van der Waals surface area contributed by atoms with E-state index in [4.69, 9.17) is 22.6 Å². The van der Waals surface area contributed by atoms with Crippen LogP contribution in [0.4, 0.5) is 5.69 Å². The van der Waals surface area contributed by atoms with Gasteiger partial charge in [0.25, 0.3) is 0 Å². The first-order chi connectivity index (χ1) is 9.65. The molecular weight excluding hydrogens is 292 g/mol. The third kappa shape index (κ3) is 2.44. The van der Waals surface area contributed by atoms with Gasteiger partial charge in [-0.05, 0) is 36.4 Å². The monoisotopic (exact) mass is 300 g/mol. The smallest absolute Gasteiger partial charge is 0.171 e. The van der Waals surface area contributed by atoms with Crippen LogP contribution in [-0.2, 0) is 0 Å². The van der Waals surface area contributed by atoms with Gasteiger partial charge in [0.05, 0.1) is 16.6 Å². The number of nitrogens with one attached hydrogen (secondary N) is 1. The first-order valence-electron chi connectivity index (χ1n) is 5.78. The van der Waals surface area contributed by atoms with Crippen LogP contribution in [0.5, 0.6) is 0 Å². The summed E-state index contributed by atoms with van der Waals surface area (Å²) in [5.74, 6) is 0. The Morgan fingerprint density at radius 2 is 2.10 bits per heavy atom. The van der Waals surface area contributed by atoms with Gasteiger partial charge in [0.1, 0.15) is 6.07 Å². The van der Waals surface area contributed by atoms with Crippen molar-refractivity contribution in [1.29, 1.82) is 5.26 Å². The van der Waals surface area contributed by atoms with Crippen molar-refractivity contribution in [3.63, 3.8) is 0 Å². The second-order valence-corrected chi connectivity index (χ2v) is 5.64. The molecule has 20 heavy (non-hydrogen) atoms. The molecule has 3 N–H and O–H groups in total. The van der Waals surface area contributed by atoms with E-state index >= 15 is 0 Å². The first-order valence-corrected chi connectivity index (χ1v) is 6.98. The van der Waals surface area contributed by atoms with Crippen molar-refractivity contribution in [1.82, 2.24) is 9.97 Å². The lowest BCUT2D eigenvalue weighted by molar-refractivity contribution is 1.08. The van der Waals surface area contributed by atoms with Crippen LogP contribution >= 0.6 is 23.4 Å². The summed E-state index contributed by atoms with van der Waals surface area (Å²) in [4.78, 5) is 8.45. The lowest BCUT2D eigenvalue weighted by Crippen LogP contribution is -1.82. The Kier molecular flexibility index (Phi) is 3.26. The molecule has 0 aliphatic carbocycles. The highest BCUT2D eigenvalue weighted by Crippen LogP contribution is 2.31. The van der Waals surface area contributed by atoms with E-state index < -0.39 is 0 Å². The summed E-state index contributed by atoms with van der Waals surface area (Å²) < 4.78 is 0. The molecule has 1 aromatic heterocycles. The van der Waals surface area contributed by atoms with E-state index in [1.54, 1.807) is 18.2 Å². The number of nitrogens with two attached hydrogens (primary N) is 1. The predicted molar refractivity (Wildman–Crippen MR) is 80.8 cm³/mol. The summed E-state index contributed by atoms with van der Waals surface area (Å²) in [6, 6.07) is 12.8. The van der Waals surface area contributed by atoms with E-state index in [1.807, 2.05) is 18.2 Å². The van der Waals surface area contributed by atoms with Crippen molar-refractivity contribution in [2.45, 2.75) is 10.1 Å². The molecule has 0 fully saturated rings. The van der Waals surface area contributed by atoms with Gasteiger partial charge in [0.15, 0.2) is 5.16 Å². The molecular formula is C14H9ClN4S. The molecule has 0 saturated carbocycles. The highest BCUT2D eigenvalue weighted by atomic mass is 35.5. The molecule has 98 valence electrons. The third-order valence-electron chi connectivity index (χ3n) is 2.75. The van der Waals surface area contributed by atoms with Crippen LogP contribution in [0.2, 0.25) is 5.02 Å². The Bertz CT molecular complexity index is 835. The highest BCUT2D eigenvalue weighted by molar-refractivity contribution is 7.99. The maximum absolute atomic E-state index is 9.13. The summed E-state index contributed by atoms with van der Waals surface area (Å²) in [7, 11) is 0. The van der Waals surface area contributed by atoms with E-state index in [2.05, 4.69) is 16.0 Å². The number of H-pyrrole nitrogens is 1. The molecule has 1 heterocycles. The molecule has 4 nitrogen and oxygen atoms in total. The van der Waals surface area contributed by atoms with Gasteiger partial charge in [-0.25, -0.2) is 4.98 Å². The quantitative estimate of drug-likeness (QED) is 0.705. The summed E-state index contributed by atoms with van der Waals surface area (Å²) in [6.45, 7) is 0. The summed E-state index contributed by atoms with van der Waals surface area (Å²) in [5.41, 5.74) is 8.66. The topological polar surface area (TPSA) is 78.5 Å². The number of hydrogen-bond acceptors (Lipinski definition) is 4. The number of aromatic nitrogens is 2. The number of anilines is 1. The number of benzene rings is 2. The standard InChI is InChI=1S/C14H9ClN4S/c15-9-1-4-13(8(5-9)7-16)20-14-18-11-3-2-10(17)6-12(11)19-14/h1-6H,17H2,(H,18,19). The first kappa shape index (κ1) is 12.9. The lowest BCUT2D eigenvalue weighted by Gasteiger charge is -2.01. The van der Waals surface area contributed by atoms with Crippen LogP contribution in [0, 0.1) is 11.3 Å². The molecule has 0 bridgehead atoms. The van der Waals surface area contributed by atoms with Crippen LogP contribution in [0.25, 0.3) is 11.0 Å². The molecule has 0 amide bonds. The molecule has 2 aromatic carbocycles. The van der Waals surface area contributed by atoms with Crippen LogP contribution in [0.15, 0.2) is 46.5 Å². The van der Waals surface area contributed by atoms with Crippen LogP contribution < -0.4 is 5.73 Å². The van der Waals surface area contributed by atoms with E-state index in [9.17, 15) is 0 Å². The number of nitriles is 1. The minimum atomic E-state index is 0.530. The van der Waals surface area contributed by atoms with Crippen molar-refractivity contribution in [3.8, 4) is 6.07 Å². The fraction of sp³-hybridized carbons (Fsp3) is 0. The van der Waals surface area contributed by atoms with Crippen molar-refractivity contribution in [3.05, 3.63) is 47.0 Å². The average molecular weight is 301 g/mol. The van der Waals surface area contributed by atoms with Crippen molar-refractivity contribution < 1.29 is 0 Å². The van der Waals surface area contributed by atoms with Gasteiger partial charge in [0, 0.05) is 15.6 Å². The molecule has 0 aliphatic heterocycles. The van der Waals surface area contributed by atoms with E-state index in [1.165, 1.54) is 11.8 Å². The predicted octanol–water partition coefficient (Wildman–Crippen LogP) is 3.82. The van der Waals surface area contributed by atoms with Crippen molar-refractivity contribution in [2.24, 2.45) is 0 Å². The summed E-state index contributed by atoms with van der Waals surface area (Å²) >= 11 is 7.27. The van der Waals surface area contributed by atoms with Gasteiger partial charge in [-0.3, -0.25) is 0 Å². The Morgan fingerprint density at radius 3 is 2.90 bits per heavy atom. The van der Waals surface area contributed by atoms with Gasteiger partial charge in [-0.15, -0.1) is 0 Å². The van der Waals surface area contributed by atoms with Crippen LogP contribution in [-0.4, -0.2) is 9.97 Å². The molecule has 0 radical (unpaired) electrons. The minimum Gasteiger partial charge on any atom is -0.399 e. The van der Waals surface area contributed by atoms with E-state index in [0.29, 0.717) is 21.4 Å². The molecule has 0 spiro atoms. The molecule has 3 rings (SSSR count). The Labute approximate surface area is 124 Å². The van der Waals surface area contributed by atoms with Gasteiger partial charge in [-0.1, -0.05) is 23.4 Å². The third-order valence-corrected chi connectivity index (χ3v) is 3.95. The Morgan fingerprint density at radius 1 is 1.25 bits per heavy atom.